The van der Waals surface area contributed by atoms with E-state index in [2.05, 4.69) is 24.4 Å². The van der Waals surface area contributed by atoms with Crippen molar-refractivity contribution in [1.29, 1.82) is 0 Å². The van der Waals surface area contributed by atoms with Gasteiger partial charge < -0.3 is 4.52 Å². The Balaban J connectivity index is 2.17. The molecule has 1 N–H and O–H groups in total. The second-order valence-electron chi connectivity index (χ2n) is 2.98. The van der Waals surface area contributed by atoms with Crippen molar-refractivity contribution in [3.8, 4) is 0 Å². The van der Waals surface area contributed by atoms with Crippen LogP contribution in [0.3, 0.4) is 0 Å². The average molecular weight is 275 g/mol. The minimum atomic E-state index is -3.73. The van der Waals surface area contributed by atoms with E-state index in [1.165, 1.54) is 18.5 Å². The van der Waals surface area contributed by atoms with E-state index < -0.39 is 10.0 Å². The van der Waals surface area contributed by atoms with Crippen LogP contribution >= 0.6 is 11.6 Å². The van der Waals surface area contributed by atoms with Crippen LogP contribution in [-0.2, 0) is 16.6 Å². The number of hydrogen-bond donors (Lipinski definition) is 1. The zero-order valence-electron chi connectivity index (χ0n) is 8.37. The molecule has 0 amide bonds. The smallest absolute Gasteiger partial charge is 0.244 e. The molecule has 0 radical (unpaired) electrons. The lowest BCUT2D eigenvalue weighted by molar-refractivity contribution is 0.409. The summed E-state index contributed by atoms with van der Waals surface area (Å²) in [6.07, 6.45) is 3.68. The monoisotopic (exact) mass is 274 g/mol. The number of pyridine rings is 1. The fraction of sp³-hybridized carbons (Fsp3) is 0.125. The van der Waals surface area contributed by atoms with Gasteiger partial charge in [0.15, 0.2) is 5.82 Å². The number of rotatable bonds is 4. The summed E-state index contributed by atoms with van der Waals surface area (Å²) < 4.78 is 30.4. The molecular weight excluding hydrogens is 268 g/mol. The molecule has 0 bridgehead atoms. The molecule has 2 heterocycles. The first kappa shape index (κ1) is 12.0. The normalized spacial score (nSPS) is 11.6. The standard InChI is InChI=1S/C8H7ClN4O3S/c9-6-1-2-10-3-7(6)17(14,15)12-4-8-11-5-16-13-8/h1-3,5,12H,4H2. The summed E-state index contributed by atoms with van der Waals surface area (Å²) in [5.74, 6) is 0.230. The molecular formula is C8H7ClN4O3S. The first-order chi connectivity index (χ1) is 8.09. The maximum atomic E-state index is 11.8. The Bertz CT molecular complexity index is 599. The number of aromatic nitrogens is 3. The average Bonchev–Trinajstić information content (AvgIpc) is 2.80. The summed E-state index contributed by atoms with van der Waals surface area (Å²) in [5, 5.41) is 3.57. The van der Waals surface area contributed by atoms with E-state index in [-0.39, 0.29) is 22.3 Å². The molecule has 0 aliphatic heterocycles. The predicted octanol–water partition coefficient (Wildman–Crippen LogP) is 0.596. The molecule has 17 heavy (non-hydrogen) atoms. The molecule has 0 atom stereocenters. The van der Waals surface area contributed by atoms with Gasteiger partial charge in [0.1, 0.15) is 4.90 Å². The van der Waals surface area contributed by atoms with Crippen molar-refractivity contribution in [2.24, 2.45) is 0 Å². The minimum Gasteiger partial charge on any atom is -0.343 e. The van der Waals surface area contributed by atoms with Crippen molar-refractivity contribution in [2.45, 2.75) is 11.4 Å². The van der Waals surface area contributed by atoms with Crippen molar-refractivity contribution >= 4 is 21.6 Å². The third-order valence-electron chi connectivity index (χ3n) is 1.85. The lowest BCUT2D eigenvalue weighted by Gasteiger charge is -2.05. The van der Waals surface area contributed by atoms with Gasteiger partial charge in [0, 0.05) is 12.4 Å². The van der Waals surface area contributed by atoms with E-state index in [0.29, 0.717) is 0 Å². The van der Waals surface area contributed by atoms with Gasteiger partial charge in [-0.3, -0.25) is 4.98 Å². The summed E-state index contributed by atoms with van der Waals surface area (Å²) in [5.41, 5.74) is 0. The highest BCUT2D eigenvalue weighted by molar-refractivity contribution is 7.89. The van der Waals surface area contributed by atoms with Crippen LogP contribution < -0.4 is 4.72 Å². The number of nitrogens with zero attached hydrogens (tertiary/aromatic N) is 3. The Hall–Kier alpha value is -1.51. The van der Waals surface area contributed by atoms with Crippen LogP contribution in [0, 0.1) is 0 Å². The summed E-state index contributed by atoms with van der Waals surface area (Å²) in [4.78, 5) is 7.29. The number of nitrogens with one attached hydrogen (secondary N) is 1. The van der Waals surface area contributed by atoms with Gasteiger partial charge in [0.25, 0.3) is 0 Å². The Labute approximate surface area is 102 Å². The summed E-state index contributed by atoms with van der Waals surface area (Å²) >= 11 is 5.76. The maximum absolute atomic E-state index is 11.8. The zero-order valence-corrected chi connectivity index (χ0v) is 9.94. The maximum Gasteiger partial charge on any atom is 0.244 e. The van der Waals surface area contributed by atoms with E-state index >= 15 is 0 Å². The van der Waals surface area contributed by atoms with E-state index in [9.17, 15) is 8.42 Å². The minimum absolute atomic E-state index is 0.0793. The van der Waals surface area contributed by atoms with Crippen LogP contribution in [0.5, 0.6) is 0 Å². The third kappa shape index (κ3) is 2.78. The highest BCUT2D eigenvalue weighted by Crippen LogP contribution is 2.18. The SMILES string of the molecule is O=S(=O)(NCc1ncon1)c1cnccc1Cl. The molecule has 0 unspecified atom stereocenters. The number of hydrogen-bond acceptors (Lipinski definition) is 6. The molecule has 0 spiro atoms. The second-order valence-corrected chi connectivity index (χ2v) is 5.12. The molecule has 0 saturated carbocycles. The molecule has 0 fully saturated rings. The van der Waals surface area contributed by atoms with Crippen LogP contribution in [0.1, 0.15) is 5.82 Å². The van der Waals surface area contributed by atoms with Gasteiger partial charge in [-0.1, -0.05) is 16.8 Å². The topological polar surface area (TPSA) is 98.0 Å². The number of sulfonamides is 1. The summed E-state index contributed by atoms with van der Waals surface area (Å²) in [7, 11) is -3.73. The molecule has 2 aromatic heterocycles. The van der Waals surface area contributed by atoms with Crippen LogP contribution in [0.4, 0.5) is 0 Å². The van der Waals surface area contributed by atoms with E-state index in [4.69, 9.17) is 11.6 Å². The van der Waals surface area contributed by atoms with Gasteiger partial charge >= 0.3 is 0 Å². The van der Waals surface area contributed by atoms with Crippen LogP contribution in [0.2, 0.25) is 5.02 Å². The first-order valence-electron chi connectivity index (χ1n) is 4.44. The Morgan fingerprint density at radius 1 is 1.47 bits per heavy atom. The molecule has 7 nitrogen and oxygen atoms in total. The largest absolute Gasteiger partial charge is 0.343 e. The molecule has 9 heteroatoms. The van der Waals surface area contributed by atoms with Gasteiger partial charge in [-0.2, -0.15) is 4.98 Å². The molecule has 0 aromatic carbocycles. The molecule has 90 valence electrons. The molecule has 2 aromatic rings. The molecule has 2 rings (SSSR count). The predicted molar refractivity (Wildman–Crippen MR) is 57.6 cm³/mol. The lowest BCUT2D eigenvalue weighted by atomic mass is 10.5. The molecule has 0 aliphatic carbocycles. The van der Waals surface area contributed by atoms with Gasteiger partial charge in [-0.05, 0) is 6.07 Å². The third-order valence-corrected chi connectivity index (χ3v) is 3.72. The van der Waals surface area contributed by atoms with Crippen molar-refractivity contribution in [3.05, 3.63) is 35.7 Å². The molecule has 0 saturated heterocycles. The van der Waals surface area contributed by atoms with Gasteiger partial charge in [-0.25, -0.2) is 13.1 Å². The van der Waals surface area contributed by atoms with Crippen molar-refractivity contribution < 1.29 is 12.9 Å². The Kier molecular flexibility index (Phi) is 3.36. The summed E-state index contributed by atoms with van der Waals surface area (Å²) in [6, 6.07) is 1.39. The Morgan fingerprint density at radius 3 is 2.94 bits per heavy atom. The highest BCUT2D eigenvalue weighted by Gasteiger charge is 2.18. The molecule has 0 aliphatic rings. The Morgan fingerprint density at radius 2 is 2.29 bits per heavy atom. The van der Waals surface area contributed by atoms with E-state index in [1.54, 1.807) is 0 Å². The first-order valence-corrected chi connectivity index (χ1v) is 6.30. The fourth-order valence-electron chi connectivity index (χ4n) is 1.07. The van der Waals surface area contributed by atoms with Crippen molar-refractivity contribution in [1.82, 2.24) is 19.8 Å². The quantitative estimate of drug-likeness (QED) is 0.876. The number of halogens is 1. The van der Waals surface area contributed by atoms with Crippen LogP contribution in [0.25, 0.3) is 0 Å². The lowest BCUT2D eigenvalue weighted by Crippen LogP contribution is -2.24. The zero-order chi connectivity index (χ0) is 12.3. The van der Waals surface area contributed by atoms with Gasteiger partial charge in [-0.15, -0.1) is 0 Å². The van der Waals surface area contributed by atoms with Crippen molar-refractivity contribution in [3.63, 3.8) is 0 Å². The van der Waals surface area contributed by atoms with Crippen molar-refractivity contribution in [2.75, 3.05) is 0 Å². The van der Waals surface area contributed by atoms with Crippen LogP contribution in [0.15, 0.2) is 34.3 Å². The van der Waals surface area contributed by atoms with Gasteiger partial charge in [0.2, 0.25) is 16.4 Å². The van der Waals surface area contributed by atoms with E-state index in [1.807, 2.05) is 0 Å². The summed E-state index contributed by atoms with van der Waals surface area (Å²) in [6.45, 7) is -0.0793. The van der Waals surface area contributed by atoms with Crippen LogP contribution in [-0.4, -0.2) is 23.5 Å². The van der Waals surface area contributed by atoms with Gasteiger partial charge in [0.05, 0.1) is 11.6 Å². The highest BCUT2D eigenvalue weighted by atomic mass is 35.5. The fourth-order valence-corrected chi connectivity index (χ4v) is 2.48. The second kappa shape index (κ2) is 4.78. The van der Waals surface area contributed by atoms with E-state index in [0.717, 1.165) is 6.39 Å².